The molecule has 0 unspecified atom stereocenters. The zero-order valence-electron chi connectivity index (χ0n) is 11.6. The van der Waals surface area contributed by atoms with Crippen LogP contribution in [0.5, 0.6) is 0 Å². The molecule has 0 aliphatic rings. The molecule has 0 spiro atoms. The van der Waals surface area contributed by atoms with Gasteiger partial charge in [-0.05, 0) is 42.1 Å². The highest BCUT2D eigenvalue weighted by Crippen LogP contribution is 2.30. The van der Waals surface area contributed by atoms with E-state index in [0.717, 1.165) is 6.04 Å². The zero-order chi connectivity index (χ0) is 13.7. The van der Waals surface area contributed by atoms with Gasteiger partial charge in [-0.2, -0.15) is 0 Å². The van der Waals surface area contributed by atoms with E-state index in [2.05, 4.69) is 84.8 Å². The Labute approximate surface area is 119 Å². The van der Waals surface area contributed by atoms with Gasteiger partial charge in [0.15, 0.2) is 0 Å². The summed E-state index contributed by atoms with van der Waals surface area (Å²) in [5.41, 5.74) is 5.45. The average molecular weight is 263 g/mol. The first-order valence-electron chi connectivity index (χ1n) is 6.66. The Balaban J connectivity index is 2.51. The predicted molar refractivity (Wildman–Crippen MR) is 83.9 cm³/mol. The Kier molecular flexibility index (Phi) is 4.75. The largest absolute Gasteiger partial charge is 0.0910 e. The summed E-state index contributed by atoms with van der Waals surface area (Å²) in [5, 5.41) is 0. The average Bonchev–Trinajstić information content (AvgIpc) is 2.42. The molecule has 0 aliphatic heterocycles. The second kappa shape index (κ2) is 6.53. The van der Waals surface area contributed by atoms with E-state index in [1.165, 1.54) is 22.3 Å². The van der Waals surface area contributed by atoms with Crippen molar-refractivity contribution in [2.24, 2.45) is 0 Å². The third-order valence-corrected chi connectivity index (χ3v) is 3.73. The summed E-state index contributed by atoms with van der Waals surface area (Å²) >= 11 is 0. The summed E-state index contributed by atoms with van der Waals surface area (Å²) in [6, 6.07) is 18.1. The molecule has 2 aromatic rings. The van der Waals surface area contributed by atoms with E-state index in [1.54, 1.807) is 0 Å². The molecule has 0 bridgehead atoms. The van der Waals surface area contributed by atoms with Gasteiger partial charge >= 0.3 is 0 Å². The first-order valence-corrected chi connectivity index (χ1v) is 7.37. The van der Waals surface area contributed by atoms with Crippen molar-refractivity contribution >= 4 is 10.2 Å². The molecule has 1 heteroatoms. The molecule has 3 radical (unpaired) electrons. The molecule has 0 heterocycles. The van der Waals surface area contributed by atoms with E-state index in [0.29, 0.717) is 5.92 Å². The fraction of sp³-hybridized carbons (Fsp3) is 0.222. The lowest BCUT2D eigenvalue weighted by Crippen LogP contribution is -2.02. The van der Waals surface area contributed by atoms with Crippen LogP contribution < -0.4 is 0 Å². The van der Waals surface area contributed by atoms with E-state index in [9.17, 15) is 0 Å². The lowest BCUT2D eigenvalue weighted by atomic mass is 9.86. The maximum Gasteiger partial charge on any atom is 0.0275 e. The maximum absolute atomic E-state index is 3.52. The van der Waals surface area contributed by atoms with E-state index >= 15 is 0 Å². The van der Waals surface area contributed by atoms with Crippen molar-refractivity contribution in [1.29, 1.82) is 0 Å². The summed E-state index contributed by atoms with van der Waals surface area (Å²) in [6.07, 6.45) is 4.47. The van der Waals surface area contributed by atoms with E-state index < -0.39 is 0 Å². The Morgan fingerprint density at radius 1 is 0.895 bits per heavy atom. The van der Waals surface area contributed by atoms with Crippen LogP contribution >= 0.6 is 0 Å². The van der Waals surface area contributed by atoms with Crippen LogP contribution in [0.25, 0.3) is 0 Å². The van der Waals surface area contributed by atoms with E-state index in [-0.39, 0.29) is 0 Å². The fourth-order valence-electron chi connectivity index (χ4n) is 2.45. The highest BCUT2D eigenvalue weighted by atomic mass is 28.1. The van der Waals surface area contributed by atoms with Crippen molar-refractivity contribution in [3.05, 3.63) is 82.9 Å². The molecule has 0 amide bonds. The highest BCUT2D eigenvalue weighted by Gasteiger charge is 2.14. The van der Waals surface area contributed by atoms with Crippen LogP contribution in [-0.4, -0.2) is 10.2 Å². The molecule has 95 valence electrons. The predicted octanol–water partition coefficient (Wildman–Crippen LogP) is 4.58. The Hall–Kier alpha value is -1.60. The van der Waals surface area contributed by atoms with Crippen molar-refractivity contribution < 1.29 is 0 Å². The first-order chi connectivity index (χ1) is 9.24. The van der Waals surface area contributed by atoms with Crippen molar-refractivity contribution in [1.82, 2.24) is 0 Å². The van der Waals surface area contributed by atoms with Crippen LogP contribution in [0.1, 0.15) is 28.2 Å². The van der Waals surface area contributed by atoms with Crippen molar-refractivity contribution in [2.45, 2.75) is 25.8 Å². The SMILES string of the molecule is Cc1ccccc1C(C=CC[Si])c1ccccc1C. The van der Waals surface area contributed by atoms with Crippen LogP contribution in [0, 0.1) is 13.8 Å². The number of benzene rings is 2. The number of rotatable bonds is 4. The van der Waals surface area contributed by atoms with Gasteiger partial charge in [0.1, 0.15) is 0 Å². The lowest BCUT2D eigenvalue weighted by Gasteiger charge is -2.18. The van der Waals surface area contributed by atoms with Gasteiger partial charge in [0.2, 0.25) is 0 Å². The molecule has 0 saturated carbocycles. The Morgan fingerprint density at radius 2 is 1.37 bits per heavy atom. The van der Waals surface area contributed by atoms with Crippen LogP contribution in [-0.2, 0) is 0 Å². The van der Waals surface area contributed by atoms with Gasteiger partial charge < -0.3 is 0 Å². The van der Waals surface area contributed by atoms with Crippen LogP contribution in [0.15, 0.2) is 60.7 Å². The van der Waals surface area contributed by atoms with Gasteiger partial charge in [0.25, 0.3) is 0 Å². The zero-order valence-corrected chi connectivity index (χ0v) is 12.6. The Morgan fingerprint density at radius 3 is 1.79 bits per heavy atom. The summed E-state index contributed by atoms with van der Waals surface area (Å²) in [7, 11) is 3.52. The van der Waals surface area contributed by atoms with Crippen LogP contribution in [0.3, 0.4) is 0 Å². The standard InChI is InChI=1S/C18H19Si/c1-14-8-3-5-10-16(14)18(12-7-13-19)17-11-6-4-9-15(17)2/h3-12,18H,13H2,1-2H3. The van der Waals surface area contributed by atoms with Crippen molar-refractivity contribution in [3.8, 4) is 0 Å². The van der Waals surface area contributed by atoms with Crippen molar-refractivity contribution in [3.63, 3.8) is 0 Å². The topological polar surface area (TPSA) is 0 Å². The molecular weight excluding hydrogens is 244 g/mol. The number of hydrogen-bond donors (Lipinski definition) is 0. The number of aryl methyl sites for hydroxylation is 2. The first kappa shape index (κ1) is 13.8. The summed E-state index contributed by atoms with van der Waals surface area (Å²) in [5.74, 6) is 0.332. The van der Waals surface area contributed by atoms with Gasteiger partial charge in [0.05, 0.1) is 0 Å². The molecular formula is C18H19Si. The lowest BCUT2D eigenvalue weighted by molar-refractivity contribution is 0.988. The molecule has 2 aromatic carbocycles. The molecule has 0 saturated heterocycles. The van der Waals surface area contributed by atoms with Gasteiger partial charge in [0, 0.05) is 16.2 Å². The van der Waals surface area contributed by atoms with E-state index in [1.807, 2.05) is 0 Å². The number of hydrogen-bond acceptors (Lipinski definition) is 0. The summed E-state index contributed by atoms with van der Waals surface area (Å²) < 4.78 is 0. The third-order valence-electron chi connectivity index (χ3n) is 3.49. The highest BCUT2D eigenvalue weighted by molar-refractivity contribution is 6.09. The summed E-state index contributed by atoms with van der Waals surface area (Å²) in [4.78, 5) is 0. The van der Waals surface area contributed by atoms with Crippen LogP contribution in [0.2, 0.25) is 6.04 Å². The van der Waals surface area contributed by atoms with Crippen LogP contribution in [0.4, 0.5) is 0 Å². The maximum atomic E-state index is 3.52. The molecule has 0 nitrogen and oxygen atoms in total. The van der Waals surface area contributed by atoms with Gasteiger partial charge in [-0.1, -0.05) is 60.7 Å². The molecule has 0 atom stereocenters. The minimum atomic E-state index is 0.332. The van der Waals surface area contributed by atoms with Gasteiger partial charge in [-0.15, -0.1) is 0 Å². The minimum Gasteiger partial charge on any atom is -0.0910 e. The molecule has 0 aliphatic carbocycles. The number of allylic oxidation sites excluding steroid dienone is 2. The van der Waals surface area contributed by atoms with Crippen molar-refractivity contribution in [2.75, 3.05) is 0 Å². The normalized spacial score (nSPS) is 11.4. The quantitative estimate of drug-likeness (QED) is 0.559. The minimum absolute atomic E-state index is 0.332. The fourth-order valence-corrected chi connectivity index (χ4v) is 2.59. The Bertz CT molecular complexity index is 524. The molecule has 0 fully saturated rings. The third kappa shape index (κ3) is 3.24. The smallest absolute Gasteiger partial charge is 0.0275 e. The molecule has 19 heavy (non-hydrogen) atoms. The van der Waals surface area contributed by atoms with E-state index in [4.69, 9.17) is 0 Å². The molecule has 2 rings (SSSR count). The molecule has 0 aromatic heterocycles. The monoisotopic (exact) mass is 263 g/mol. The second-order valence-corrected chi connectivity index (χ2v) is 5.23. The molecule has 0 N–H and O–H groups in total. The second-order valence-electron chi connectivity index (χ2n) is 4.82. The summed E-state index contributed by atoms with van der Waals surface area (Å²) in [6.45, 7) is 4.37. The van der Waals surface area contributed by atoms with Gasteiger partial charge in [-0.25, -0.2) is 0 Å². The van der Waals surface area contributed by atoms with Gasteiger partial charge in [-0.3, -0.25) is 0 Å².